The first kappa shape index (κ1) is 35.4. The molecular weight excluding hydrogens is 544 g/mol. The minimum absolute atomic E-state index is 0.0245. The van der Waals surface area contributed by atoms with Gasteiger partial charge < -0.3 is 30.2 Å². The van der Waals surface area contributed by atoms with Crippen LogP contribution in [0.1, 0.15) is 46.5 Å². The monoisotopic (exact) mass is 590 g/mol. The van der Waals surface area contributed by atoms with E-state index in [1.165, 1.54) is 25.0 Å². The third-order valence-corrected chi connectivity index (χ3v) is 8.58. The van der Waals surface area contributed by atoms with E-state index in [2.05, 4.69) is 36.7 Å². The van der Waals surface area contributed by atoms with Gasteiger partial charge in [0.25, 0.3) is 11.8 Å². The summed E-state index contributed by atoms with van der Waals surface area (Å²) in [6.45, 7) is 11.7. The van der Waals surface area contributed by atoms with Gasteiger partial charge in [0.2, 0.25) is 11.8 Å². The van der Waals surface area contributed by atoms with Crippen LogP contribution in [-0.4, -0.2) is 111 Å². The summed E-state index contributed by atoms with van der Waals surface area (Å²) >= 11 is 0. The average molecular weight is 591 g/mol. The second kappa shape index (κ2) is 22.1. The summed E-state index contributed by atoms with van der Waals surface area (Å²) < 4.78 is 16.2. The highest BCUT2D eigenvalue weighted by Crippen LogP contribution is 2.37. The molecule has 0 radical (unpaired) electrons. The number of hydrogen-bond donors (Lipinski definition) is 3. The Morgan fingerprint density at radius 2 is 1.41 bits per heavy atom. The standard InChI is InChI=1S/C26H46N4O7S2/c1-4-5-9-27-12-20-38-39-26(2,3)21-23(32)29-11-15-36-17-19-37-18-16-35-14-10-28-22(31)8-13-30-24(33)6-7-25(30)34/h6-7,27H,4-5,8-21H2,1-3H3,(H,28,31)(H,29,32). The molecule has 0 spiro atoms. The van der Waals surface area contributed by atoms with Gasteiger partial charge in [-0.25, -0.2) is 0 Å². The predicted octanol–water partition coefficient (Wildman–Crippen LogP) is 1.52. The van der Waals surface area contributed by atoms with Crippen molar-refractivity contribution in [3.8, 4) is 0 Å². The molecule has 11 nitrogen and oxygen atoms in total. The number of carbonyl (C=O) groups is 4. The van der Waals surface area contributed by atoms with Gasteiger partial charge in [-0.2, -0.15) is 0 Å². The molecule has 0 unspecified atom stereocenters. The molecule has 0 aromatic rings. The van der Waals surface area contributed by atoms with Gasteiger partial charge in [0.15, 0.2) is 0 Å². The molecule has 0 atom stereocenters. The highest BCUT2D eigenvalue weighted by molar-refractivity contribution is 8.77. The van der Waals surface area contributed by atoms with Crippen LogP contribution < -0.4 is 16.0 Å². The molecule has 4 amide bonds. The molecule has 0 saturated carbocycles. The molecule has 224 valence electrons. The fourth-order valence-corrected chi connectivity index (χ4v) is 5.69. The normalized spacial score (nSPS) is 13.4. The molecule has 13 heteroatoms. The number of hydrogen-bond acceptors (Lipinski definition) is 10. The average Bonchev–Trinajstić information content (AvgIpc) is 3.21. The first-order chi connectivity index (χ1) is 18.7. The number of carbonyl (C=O) groups excluding carboxylic acids is 4. The van der Waals surface area contributed by atoms with Crippen molar-refractivity contribution in [3.63, 3.8) is 0 Å². The van der Waals surface area contributed by atoms with Gasteiger partial charge in [-0.1, -0.05) is 34.9 Å². The maximum atomic E-state index is 12.2. The van der Waals surface area contributed by atoms with Crippen LogP contribution in [0.25, 0.3) is 0 Å². The molecule has 39 heavy (non-hydrogen) atoms. The van der Waals surface area contributed by atoms with Crippen LogP contribution in [0, 0.1) is 0 Å². The van der Waals surface area contributed by atoms with Crippen LogP contribution in [0.2, 0.25) is 0 Å². The summed E-state index contributed by atoms with van der Waals surface area (Å²) in [6, 6.07) is 0. The lowest BCUT2D eigenvalue weighted by Crippen LogP contribution is -2.35. The molecule has 3 N–H and O–H groups in total. The van der Waals surface area contributed by atoms with E-state index in [0.717, 1.165) is 23.7 Å². The van der Waals surface area contributed by atoms with Crippen LogP contribution in [0.4, 0.5) is 0 Å². The topological polar surface area (TPSA) is 135 Å². The third kappa shape index (κ3) is 19.1. The largest absolute Gasteiger partial charge is 0.377 e. The fourth-order valence-electron chi connectivity index (χ4n) is 3.24. The van der Waals surface area contributed by atoms with Crippen LogP contribution in [0.5, 0.6) is 0 Å². The Kier molecular flexibility index (Phi) is 20.0. The Labute approximate surface area is 240 Å². The van der Waals surface area contributed by atoms with E-state index in [1.807, 2.05) is 0 Å². The highest BCUT2D eigenvalue weighted by atomic mass is 33.1. The summed E-state index contributed by atoms with van der Waals surface area (Å²) in [6.07, 6.45) is 5.31. The highest BCUT2D eigenvalue weighted by Gasteiger charge is 2.24. The zero-order valence-electron chi connectivity index (χ0n) is 23.6. The van der Waals surface area contributed by atoms with E-state index in [1.54, 1.807) is 21.6 Å². The summed E-state index contributed by atoms with van der Waals surface area (Å²) in [4.78, 5) is 47.9. The van der Waals surface area contributed by atoms with Gasteiger partial charge in [-0.05, 0) is 26.8 Å². The Hall–Kier alpha value is -1.64. The van der Waals surface area contributed by atoms with E-state index in [4.69, 9.17) is 14.2 Å². The Morgan fingerprint density at radius 1 is 0.846 bits per heavy atom. The first-order valence-corrected chi connectivity index (χ1v) is 15.9. The van der Waals surface area contributed by atoms with E-state index in [-0.39, 0.29) is 29.5 Å². The zero-order valence-corrected chi connectivity index (χ0v) is 25.2. The molecule has 0 aromatic heterocycles. The summed E-state index contributed by atoms with van der Waals surface area (Å²) in [5.74, 6) is 0.00488. The van der Waals surface area contributed by atoms with Crippen molar-refractivity contribution in [2.45, 2.75) is 51.2 Å². The summed E-state index contributed by atoms with van der Waals surface area (Å²) in [5.41, 5.74) is 0. The number of unbranched alkanes of at least 4 members (excludes halogenated alkanes) is 1. The second-order valence-corrected chi connectivity index (χ2v) is 12.5. The van der Waals surface area contributed by atoms with E-state index >= 15 is 0 Å². The van der Waals surface area contributed by atoms with Crippen molar-refractivity contribution in [2.24, 2.45) is 0 Å². The number of nitrogens with zero attached hydrogens (tertiary/aromatic N) is 1. The van der Waals surface area contributed by atoms with E-state index in [0.29, 0.717) is 59.2 Å². The molecular formula is C26H46N4O7S2. The van der Waals surface area contributed by atoms with Crippen molar-refractivity contribution in [3.05, 3.63) is 12.2 Å². The summed E-state index contributed by atoms with van der Waals surface area (Å²) in [7, 11) is 3.56. The maximum absolute atomic E-state index is 12.2. The molecule has 0 fully saturated rings. The van der Waals surface area contributed by atoms with Crippen molar-refractivity contribution < 1.29 is 33.4 Å². The van der Waals surface area contributed by atoms with Crippen molar-refractivity contribution in [1.29, 1.82) is 0 Å². The van der Waals surface area contributed by atoms with Crippen LogP contribution >= 0.6 is 21.6 Å². The van der Waals surface area contributed by atoms with Crippen LogP contribution in [-0.2, 0) is 33.4 Å². The molecule has 0 bridgehead atoms. The molecule has 0 aromatic carbocycles. The van der Waals surface area contributed by atoms with Gasteiger partial charge in [0.1, 0.15) is 0 Å². The minimum Gasteiger partial charge on any atom is -0.377 e. The number of ether oxygens (including phenoxy) is 3. The molecule has 0 saturated heterocycles. The van der Waals surface area contributed by atoms with Crippen molar-refractivity contribution in [1.82, 2.24) is 20.9 Å². The molecule has 1 heterocycles. The Morgan fingerprint density at radius 3 is 2.00 bits per heavy atom. The van der Waals surface area contributed by atoms with Crippen molar-refractivity contribution >= 4 is 45.2 Å². The molecule has 0 aliphatic carbocycles. The van der Waals surface area contributed by atoms with Gasteiger partial charge in [0, 0.05) is 61.7 Å². The first-order valence-electron chi connectivity index (χ1n) is 13.6. The lowest BCUT2D eigenvalue weighted by atomic mass is 10.1. The van der Waals surface area contributed by atoms with Gasteiger partial charge in [-0.3, -0.25) is 24.1 Å². The lowest BCUT2D eigenvalue weighted by molar-refractivity contribution is -0.137. The minimum atomic E-state index is -0.394. The lowest BCUT2D eigenvalue weighted by Gasteiger charge is -2.22. The summed E-state index contributed by atoms with van der Waals surface area (Å²) in [5, 5.41) is 9.00. The predicted molar refractivity (Wildman–Crippen MR) is 155 cm³/mol. The zero-order chi connectivity index (χ0) is 28.8. The molecule has 1 rings (SSSR count). The second-order valence-electron chi connectivity index (χ2n) is 9.39. The maximum Gasteiger partial charge on any atom is 0.253 e. The number of nitrogens with one attached hydrogen (secondary N) is 3. The third-order valence-electron chi connectivity index (χ3n) is 5.28. The van der Waals surface area contributed by atoms with Crippen molar-refractivity contribution in [2.75, 3.05) is 78.1 Å². The fraction of sp³-hybridized carbons (Fsp3) is 0.769. The Bertz CT molecular complexity index is 751. The number of amides is 4. The van der Waals surface area contributed by atoms with Gasteiger partial charge in [-0.15, -0.1) is 0 Å². The number of imide groups is 1. The van der Waals surface area contributed by atoms with Crippen LogP contribution in [0.15, 0.2) is 12.2 Å². The van der Waals surface area contributed by atoms with Gasteiger partial charge in [0.05, 0.1) is 39.6 Å². The van der Waals surface area contributed by atoms with Crippen LogP contribution in [0.3, 0.4) is 0 Å². The van der Waals surface area contributed by atoms with E-state index in [9.17, 15) is 19.2 Å². The Balaban J connectivity index is 1.86. The quantitative estimate of drug-likeness (QED) is 0.0816. The van der Waals surface area contributed by atoms with E-state index < -0.39 is 11.8 Å². The smallest absolute Gasteiger partial charge is 0.253 e. The molecule has 1 aliphatic rings. The number of rotatable bonds is 25. The molecule has 1 aliphatic heterocycles. The van der Waals surface area contributed by atoms with Gasteiger partial charge >= 0.3 is 0 Å². The SMILES string of the molecule is CCCCNCCSSC(C)(C)CC(=O)NCCOCCOCCOCCNC(=O)CCN1C(=O)C=CC1=O.